The van der Waals surface area contributed by atoms with Crippen LogP contribution in [0.25, 0.3) is 0 Å². The Kier molecular flexibility index (Phi) is 3.88. The maximum absolute atomic E-state index is 13.7. The van der Waals surface area contributed by atoms with Gasteiger partial charge in [-0.25, -0.2) is 8.78 Å². The first-order valence-electron chi connectivity index (χ1n) is 7.21. The molecule has 0 bridgehead atoms. The summed E-state index contributed by atoms with van der Waals surface area (Å²) in [4.78, 5) is 16.2. The minimum atomic E-state index is -0.604. The monoisotopic (exact) mass is 302 g/mol. The maximum atomic E-state index is 13.7. The summed E-state index contributed by atoms with van der Waals surface area (Å²) in [7, 11) is 0. The average molecular weight is 302 g/mol. The number of nitrogens with zero attached hydrogens (tertiary/aromatic N) is 1. The van der Waals surface area contributed by atoms with Crippen LogP contribution < -0.4 is 5.32 Å². The number of benzene rings is 1. The van der Waals surface area contributed by atoms with Gasteiger partial charge in [0.1, 0.15) is 11.6 Å². The lowest BCUT2D eigenvalue weighted by Crippen LogP contribution is -2.28. The van der Waals surface area contributed by atoms with Crippen molar-refractivity contribution in [2.24, 2.45) is 5.92 Å². The van der Waals surface area contributed by atoms with Crippen LogP contribution in [0.15, 0.2) is 42.7 Å². The van der Waals surface area contributed by atoms with E-state index in [1.54, 1.807) is 12.4 Å². The zero-order valence-corrected chi connectivity index (χ0v) is 12.1. The minimum absolute atomic E-state index is 0.106. The van der Waals surface area contributed by atoms with Crippen molar-refractivity contribution >= 4 is 5.91 Å². The molecule has 1 fully saturated rings. The summed E-state index contributed by atoms with van der Waals surface area (Å²) in [6.07, 6.45) is 3.97. The van der Waals surface area contributed by atoms with Gasteiger partial charge in [0, 0.05) is 24.4 Å². The molecule has 2 aromatic rings. The number of amides is 1. The lowest BCUT2D eigenvalue weighted by molar-refractivity contribution is -0.123. The van der Waals surface area contributed by atoms with Gasteiger partial charge in [-0.1, -0.05) is 12.1 Å². The molecule has 1 aromatic heterocycles. The summed E-state index contributed by atoms with van der Waals surface area (Å²) in [5, 5.41) is 2.91. The van der Waals surface area contributed by atoms with Gasteiger partial charge in [0.25, 0.3) is 0 Å². The number of carbonyl (C=O) groups excluding carboxylic acids is 1. The Balaban J connectivity index is 1.63. The molecular formula is C17H16F2N2O. The van der Waals surface area contributed by atoms with Crippen molar-refractivity contribution in [1.82, 2.24) is 10.3 Å². The van der Waals surface area contributed by atoms with E-state index in [0.29, 0.717) is 12.0 Å². The molecule has 22 heavy (non-hydrogen) atoms. The Labute approximate surface area is 127 Å². The molecular weight excluding hydrogens is 286 g/mol. The van der Waals surface area contributed by atoms with Gasteiger partial charge in [-0.05, 0) is 42.5 Å². The fourth-order valence-corrected chi connectivity index (χ4v) is 2.67. The van der Waals surface area contributed by atoms with Crippen molar-refractivity contribution in [2.45, 2.75) is 25.3 Å². The van der Waals surface area contributed by atoms with E-state index < -0.39 is 11.6 Å². The van der Waals surface area contributed by atoms with Gasteiger partial charge < -0.3 is 5.32 Å². The molecule has 114 valence electrons. The fraction of sp³-hybridized carbons (Fsp3) is 0.294. The third kappa shape index (κ3) is 2.98. The van der Waals surface area contributed by atoms with Crippen molar-refractivity contribution in [2.75, 3.05) is 0 Å². The molecule has 1 aromatic carbocycles. The van der Waals surface area contributed by atoms with E-state index in [1.807, 2.05) is 19.1 Å². The van der Waals surface area contributed by atoms with Crippen LogP contribution in [0.2, 0.25) is 0 Å². The number of hydrogen-bond acceptors (Lipinski definition) is 2. The molecule has 3 nitrogen and oxygen atoms in total. The molecule has 0 spiro atoms. The van der Waals surface area contributed by atoms with E-state index >= 15 is 0 Å². The molecule has 3 atom stereocenters. The van der Waals surface area contributed by atoms with Gasteiger partial charge in [0.2, 0.25) is 5.91 Å². The highest BCUT2D eigenvalue weighted by Crippen LogP contribution is 2.48. The second kappa shape index (κ2) is 5.83. The number of halogens is 2. The molecule has 1 aliphatic rings. The summed E-state index contributed by atoms with van der Waals surface area (Å²) in [5.74, 6) is -1.71. The van der Waals surface area contributed by atoms with E-state index in [0.717, 1.165) is 11.6 Å². The Morgan fingerprint density at radius 3 is 2.86 bits per heavy atom. The first-order valence-corrected chi connectivity index (χ1v) is 7.21. The maximum Gasteiger partial charge on any atom is 0.224 e. The Hall–Kier alpha value is -2.30. The summed E-state index contributed by atoms with van der Waals surface area (Å²) in [6, 6.07) is 7.06. The Morgan fingerprint density at radius 1 is 1.36 bits per heavy atom. The summed E-state index contributed by atoms with van der Waals surface area (Å²) >= 11 is 0. The van der Waals surface area contributed by atoms with Crippen LogP contribution in [0, 0.1) is 17.6 Å². The zero-order valence-electron chi connectivity index (χ0n) is 12.1. The average Bonchev–Trinajstić information content (AvgIpc) is 3.28. The number of carbonyl (C=O) groups is 1. The van der Waals surface area contributed by atoms with E-state index in [1.165, 1.54) is 12.1 Å². The minimum Gasteiger partial charge on any atom is -0.349 e. The van der Waals surface area contributed by atoms with Crippen LogP contribution in [0.4, 0.5) is 8.78 Å². The third-order valence-corrected chi connectivity index (χ3v) is 4.03. The molecule has 0 radical (unpaired) electrons. The lowest BCUT2D eigenvalue weighted by atomic mass is 10.1. The number of rotatable bonds is 4. The van der Waals surface area contributed by atoms with Crippen LogP contribution in [0.3, 0.4) is 0 Å². The summed E-state index contributed by atoms with van der Waals surface area (Å²) in [6.45, 7) is 1.88. The van der Waals surface area contributed by atoms with Crippen LogP contribution >= 0.6 is 0 Å². The topological polar surface area (TPSA) is 42.0 Å². The smallest absolute Gasteiger partial charge is 0.224 e. The van der Waals surface area contributed by atoms with E-state index in [2.05, 4.69) is 10.3 Å². The highest BCUT2D eigenvalue weighted by Gasteiger charge is 2.45. The highest BCUT2D eigenvalue weighted by atomic mass is 19.1. The van der Waals surface area contributed by atoms with Gasteiger partial charge in [0.15, 0.2) is 0 Å². The van der Waals surface area contributed by atoms with Crippen molar-refractivity contribution < 1.29 is 13.6 Å². The quantitative estimate of drug-likeness (QED) is 0.941. The third-order valence-electron chi connectivity index (χ3n) is 4.03. The molecule has 3 rings (SSSR count). The van der Waals surface area contributed by atoms with Gasteiger partial charge in [-0.15, -0.1) is 0 Å². The first kappa shape index (κ1) is 14.6. The molecule has 1 heterocycles. The predicted molar refractivity (Wildman–Crippen MR) is 78.0 cm³/mol. The molecule has 0 aliphatic heterocycles. The van der Waals surface area contributed by atoms with Crippen molar-refractivity contribution in [3.63, 3.8) is 0 Å². The second-order valence-corrected chi connectivity index (χ2v) is 5.63. The molecule has 3 unspecified atom stereocenters. The zero-order chi connectivity index (χ0) is 15.7. The fourth-order valence-electron chi connectivity index (χ4n) is 2.67. The number of pyridine rings is 1. The molecule has 5 heteroatoms. The largest absolute Gasteiger partial charge is 0.349 e. The van der Waals surface area contributed by atoms with Crippen LogP contribution in [0.5, 0.6) is 0 Å². The molecule has 0 saturated heterocycles. The molecule has 1 aliphatic carbocycles. The lowest BCUT2D eigenvalue weighted by Gasteiger charge is -2.14. The molecule has 1 saturated carbocycles. The molecule has 1 amide bonds. The summed E-state index contributed by atoms with van der Waals surface area (Å²) < 4.78 is 26.6. The predicted octanol–water partition coefficient (Wildman–Crippen LogP) is 3.34. The van der Waals surface area contributed by atoms with Gasteiger partial charge in [-0.3, -0.25) is 9.78 Å². The van der Waals surface area contributed by atoms with Crippen LogP contribution in [-0.2, 0) is 4.79 Å². The van der Waals surface area contributed by atoms with E-state index in [-0.39, 0.29) is 23.8 Å². The number of nitrogens with one attached hydrogen (secondary N) is 1. The molecule has 1 N–H and O–H groups in total. The second-order valence-electron chi connectivity index (χ2n) is 5.63. The normalized spacial score (nSPS) is 21.2. The van der Waals surface area contributed by atoms with Crippen molar-refractivity contribution in [3.8, 4) is 0 Å². The van der Waals surface area contributed by atoms with Crippen molar-refractivity contribution in [1.29, 1.82) is 0 Å². The standard InChI is InChI=1S/C17H16F2N2O/c1-10(11-3-2-6-20-9-11)21-17(22)15-8-14(15)13-5-4-12(18)7-16(13)19/h2-7,9-10,14-15H,8H2,1H3,(H,21,22). The number of aromatic nitrogens is 1. The number of hydrogen-bond donors (Lipinski definition) is 1. The Morgan fingerprint density at radius 2 is 2.18 bits per heavy atom. The van der Waals surface area contributed by atoms with Gasteiger partial charge in [0.05, 0.1) is 6.04 Å². The highest BCUT2D eigenvalue weighted by molar-refractivity contribution is 5.83. The van der Waals surface area contributed by atoms with Crippen LogP contribution in [-0.4, -0.2) is 10.9 Å². The first-order chi connectivity index (χ1) is 10.6. The summed E-state index contributed by atoms with van der Waals surface area (Å²) in [5.41, 5.74) is 1.33. The Bertz CT molecular complexity index is 690. The van der Waals surface area contributed by atoms with Crippen LogP contribution in [0.1, 0.15) is 36.4 Å². The van der Waals surface area contributed by atoms with Gasteiger partial charge >= 0.3 is 0 Å². The van der Waals surface area contributed by atoms with Gasteiger partial charge in [-0.2, -0.15) is 0 Å². The van der Waals surface area contributed by atoms with E-state index in [4.69, 9.17) is 0 Å². The van der Waals surface area contributed by atoms with Crippen molar-refractivity contribution in [3.05, 3.63) is 65.5 Å². The SMILES string of the molecule is CC(NC(=O)C1CC1c1ccc(F)cc1F)c1cccnc1. The van der Waals surface area contributed by atoms with E-state index in [9.17, 15) is 13.6 Å².